The summed E-state index contributed by atoms with van der Waals surface area (Å²) in [7, 11) is 1.59. The Morgan fingerprint density at radius 2 is 2.19 bits per heavy atom. The van der Waals surface area contributed by atoms with Gasteiger partial charge in [-0.2, -0.15) is 0 Å². The Bertz CT molecular complexity index is 320. The Balaban J connectivity index is 2.41. The number of hydrogen-bond donors (Lipinski definition) is 2. The van der Waals surface area contributed by atoms with E-state index in [0.717, 1.165) is 11.4 Å². The molecule has 0 aliphatic rings. The predicted molar refractivity (Wildman–Crippen MR) is 61.7 cm³/mol. The first kappa shape index (κ1) is 12.7. The van der Waals surface area contributed by atoms with Gasteiger partial charge in [-0.25, -0.2) is 9.97 Å². The zero-order valence-electron chi connectivity index (χ0n) is 9.69. The third kappa shape index (κ3) is 3.63. The first-order valence-electron chi connectivity index (χ1n) is 5.17. The highest BCUT2D eigenvalue weighted by atomic mass is 16.5. The normalized spacial score (nSPS) is 10.2. The Labute approximate surface area is 95.2 Å². The molecular formula is C10H18N4O2. The van der Waals surface area contributed by atoms with Crippen LogP contribution in [0.2, 0.25) is 0 Å². The molecule has 0 amide bonds. The average Bonchev–Trinajstić information content (AvgIpc) is 2.31. The van der Waals surface area contributed by atoms with Gasteiger partial charge in [0.25, 0.3) is 0 Å². The lowest BCUT2D eigenvalue weighted by Gasteiger charge is -2.10. The lowest BCUT2D eigenvalue weighted by atomic mass is 10.3. The number of rotatable bonds is 7. The summed E-state index contributed by atoms with van der Waals surface area (Å²) in [5.41, 5.74) is 6.19. The number of hydrogen-bond acceptors (Lipinski definition) is 6. The van der Waals surface area contributed by atoms with Crippen molar-refractivity contribution in [1.82, 2.24) is 9.97 Å². The van der Waals surface area contributed by atoms with Crippen molar-refractivity contribution in [1.29, 1.82) is 0 Å². The van der Waals surface area contributed by atoms with Crippen molar-refractivity contribution in [3.05, 3.63) is 11.9 Å². The van der Waals surface area contributed by atoms with E-state index < -0.39 is 0 Å². The van der Waals surface area contributed by atoms with Crippen LogP contribution in [0.5, 0.6) is 5.88 Å². The van der Waals surface area contributed by atoms with Gasteiger partial charge in [0.15, 0.2) is 0 Å². The van der Waals surface area contributed by atoms with Crippen molar-refractivity contribution >= 4 is 5.82 Å². The summed E-state index contributed by atoms with van der Waals surface area (Å²) in [5, 5.41) is 3.15. The van der Waals surface area contributed by atoms with Crippen LogP contribution < -0.4 is 15.8 Å². The molecule has 1 aromatic heterocycles. The molecule has 0 saturated carbocycles. The number of nitrogens with one attached hydrogen (secondary N) is 1. The number of nitrogens with zero attached hydrogens (tertiary/aromatic N) is 2. The van der Waals surface area contributed by atoms with Crippen LogP contribution in [0.1, 0.15) is 5.56 Å². The van der Waals surface area contributed by atoms with Crippen LogP contribution in [0, 0.1) is 6.92 Å². The molecule has 0 spiro atoms. The summed E-state index contributed by atoms with van der Waals surface area (Å²) in [6.45, 7) is 4.31. The van der Waals surface area contributed by atoms with Crippen LogP contribution in [-0.4, -0.2) is 43.4 Å². The largest absolute Gasteiger partial charge is 0.481 e. The van der Waals surface area contributed by atoms with Crippen LogP contribution in [-0.2, 0) is 4.74 Å². The molecule has 0 bridgehead atoms. The van der Waals surface area contributed by atoms with E-state index in [1.54, 1.807) is 7.11 Å². The van der Waals surface area contributed by atoms with Gasteiger partial charge >= 0.3 is 0 Å². The molecular weight excluding hydrogens is 208 g/mol. The van der Waals surface area contributed by atoms with Crippen LogP contribution >= 0.6 is 0 Å². The lowest BCUT2D eigenvalue weighted by molar-refractivity contribution is 0.151. The smallest absolute Gasteiger partial charge is 0.221 e. The second kappa shape index (κ2) is 6.97. The molecule has 0 aliphatic carbocycles. The van der Waals surface area contributed by atoms with Gasteiger partial charge in [0.1, 0.15) is 12.1 Å². The summed E-state index contributed by atoms with van der Waals surface area (Å²) >= 11 is 0. The number of methoxy groups -OCH3 is 1. The van der Waals surface area contributed by atoms with Gasteiger partial charge < -0.3 is 20.5 Å². The maximum atomic E-state index is 5.30. The summed E-state index contributed by atoms with van der Waals surface area (Å²) in [6.07, 6.45) is 1.47. The molecule has 0 unspecified atom stereocenters. The van der Waals surface area contributed by atoms with Crippen molar-refractivity contribution in [2.45, 2.75) is 6.92 Å². The molecule has 1 heterocycles. The minimum Gasteiger partial charge on any atom is -0.481 e. The van der Waals surface area contributed by atoms with Crippen molar-refractivity contribution < 1.29 is 9.47 Å². The second-order valence-electron chi connectivity index (χ2n) is 3.18. The lowest BCUT2D eigenvalue weighted by Crippen LogP contribution is -2.15. The third-order valence-electron chi connectivity index (χ3n) is 2.03. The first-order valence-corrected chi connectivity index (χ1v) is 5.17. The monoisotopic (exact) mass is 226 g/mol. The van der Waals surface area contributed by atoms with E-state index >= 15 is 0 Å². The number of aromatic nitrogens is 2. The van der Waals surface area contributed by atoms with Gasteiger partial charge in [0, 0.05) is 13.1 Å². The van der Waals surface area contributed by atoms with Gasteiger partial charge in [-0.3, -0.25) is 0 Å². The van der Waals surface area contributed by atoms with Gasteiger partial charge in [0.05, 0.1) is 25.9 Å². The van der Waals surface area contributed by atoms with Gasteiger partial charge in [0.2, 0.25) is 5.88 Å². The molecule has 0 radical (unpaired) electrons. The second-order valence-corrected chi connectivity index (χ2v) is 3.18. The quantitative estimate of drug-likeness (QED) is 0.645. The third-order valence-corrected chi connectivity index (χ3v) is 2.03. The molecule has 1 rings (SSSR count). The van der Waals surface area contributed by atoms with E-state index in [0.29, 0.717) is 32.2 Å². The number of ether oxygens (including phenoxy) is 2. The van der Waals surface area contributed by atoms with Crippen molar-refractivity contribution in [3.8, 4) is 5.88 Å². The maximum Gasteiger partial charge on any atom is 0.221 e. The van der Waals surface area contributed by atoms with Crippen LogP contribution in [0.4, 0.5) is 5.82 Å². The van der Waals surface area contributed by atoms with Gasteiger partial charge in [-0.15, -0.1) is 0 Å². The zero-order chi connectivity index (χ0) is 11.8. The molecule has 0 aliphatic heterocycles. The SMILES string of the molecule is COc1ncnc(NCCOCCN)c1C. The summed E-state index contributed by atoms with van der Waals surface area (Å²) < 4.78 is 10.3. The van der Waals surface area contributed by atoms with Crippen LogP contribution in [0.3, 0.4) is 0 Å². The summed E-state index contributed by atoms with van der Waals surface area (Å²) in [5.74, 6) is 1.35. The van der Waals surface area contributed by atoms with E-state index in [-0.39, 0.29) is 0 Å². The Kier molecular flexibility index (Phi) is 5.52. The zero-order valence-corrected chi connectivity index (χ0v) is 9.69. The van der Waals surface area contributed by atoms with Gasteiger partial charge in [-0.05, 0) is 6.92 Å². The molecule has 0 saturated heterocycles. The van der Waals surface area contributed by atoms with Crippen LogP contribution in [0.15, 0.2) is 6.33 Å². The van der Waals surface area contributed by atoms with E-state index in [9.17, 15) is 0 Å². The molecule has 0 aromatic carbocycles. The highest BCUT2D eigenvalue weighted by Gasteiger charge is 2.05. The predicted octanol–water partition coefficient (Wildman–Crippen LogP) is 0.181. The van der Waals surface area contributed by atoms with Crippen molar-refractivity contribution in [3.63, 3.8) is 0 Å². The standard InChI is InChI=1S/C10H18N4O2/c1-8-9(12-4-6-16-5-3-11)13-7-14-10(8)15-2/h7H,3-6,11H2,1-2H3,(H,12,13,14). The minimum absolute atomic E-state index is 0.542. The molecule has 1 aromatic rings. The van der Waals surface area contributed by atoms with Crippen molar-refractivity contribution in [2.75, 3.05) is 38.7 Å². The molecule has 90 valence electrons. The van der Waals surface area contributed by atoms with E-state index in [1.807, 2.05) is 6.92 Å². The number of anilines is 1. The molecule has 16 heavy (non-hydrogen) atoms. The van der Waals surface area contributed by atoms with E-state index in [1.165, 1.54) is 6.33 Å². The molecule has 3 N–H and O–H groups in total. The fraction of sp³-hybridized carbons (Fsp3) is 0.600. The Hall–Kier alpha value is -1.40. The van der Waals surface area contributed by atoms with E-state index in [2.05, 4.69) is 15.3 Å². The Morgan fingerprint density at radius 1 is 1.38 bits per heavy atom. The maximum absolute atomic E-state index is 5.30. The average molecular weight is 226 g/mol. The number of nitrogens with two attached hydrogens (primary N) is 1. The highest BCUT2D eigenvalue weighted by molar-refractivity contribution is 5.47. The molecule has 0 atom stereocenters. The molecule has 0 fully saturated rings. The molecule has 6 heteroatoms. The topological polar surface area (TPSA) is 82.3 Å². The fourth-order valence-corrected chi connectivity index (χ4v) is 1.24. The highest BCUT2D eigenvalue weighted by Crippen LogP contribution is 2.19. The minimum atomic E-state index is 0.542. The Morgan fingerprint density at radius 3 is 2.88 bits per heavy atom. The van der Waals surface area contributed by atoms with E-state index in [4.69, 9.17) is 15.2 Å². The van der Waals surface area contributed by atoms with Crippen LogP contribution in [0.25, 0.3) is 0 Å². The first-order chi connectivity index (χ1) is 7.79. The summed E-state index contributed by atoms with van der Waals surface area (Å²) in [6, 6.07) is 0. The fourth-order valence-electron chi connectivity index (χ4n) is 1.24. The van der Waals surface area contributed by atoms with Crippen molar-refractivity contribution in [2.24, 2.45) is 5.73 Å². The summed E-state index contributed by atoms with van der Waals surface area (Å²) in [4.78, 5) is 8.12. The van der Waals surface area contributed by atoms with Gasteiger partial charge in [-0.1, -0.05) is 0 Å². The molecule has 6 nitrogen and oxygen atoms in total.